The molecule has 3 nitrogen and oxygen atoms in total. The lowest BCUT2D eigenvalue weighted by Gasteiger charge is -2.23. The largest absolute Gasteiger partial charge is 0.395 e. The Bertz CT molecular complexity index is 359. The topological polar surface area (TPSA) is 49.5 Å². The molecule has 0 aromatic heterocycles. The van der Waals surface area contributed by atoms with E-state index in [-0.39, 0.29) is 12.6 Å². The first-order chi connectivity index (χ1) is 8.70. The SMILES string of the molecule is Cc1ccc(C(N)CCN(CCO)C2CC2)cc1. The molecule has 100 valence electrons. The average molecular weight is 248 g/mol. The normalized spacial score (nSPS) is 17.1. The first kappa shape index (κ1) is 13.5. The van der Waals surface area contributed by atoms with Crippen molar-refractivity contribution >= 4 is 0 Å². The summed E-state index contributed by atoms with van der Waals surface area (Å²) in [6.45, 7) is 4.10. The van der Waals surface area contributed by atoms with Crippen LogP contribution in [0, 0.1) is 6.92 Å². The van der Waals surface area contributed by atoms with Crippen molar-refractivity contribution in [1.29, 1.82) is 0 Å². The molecule has 1 aromatic rings. The van der Waals surface area contributed by atoms with Gasteiger partial charge in [0.2, 0.25) is 0 Å². The number of hydrogen-bond donors (Lipinski definition) is 2. The van der Waals surface area contributed by atoms with Gasteiger partial charge in [0.15, 0.2) is 0 Å². The van der Waals surface area contributed by atoms with E-state index in [0.717, 1.165) is 19.5 Å². The number of nitrogens with zero attached hydrogens (tertiary/aromatic N) is 1. The van der Waals surface area contributed by atoms with Gasteiger partial charge < -0.3 is 10.8 Å². The van der Waals surface area contributed by atoms with E-state index in [1.54, 1.807) is 0 Å². The van der Waals surface area contributed by atoms with Crippen molar-refractivity contribution in [3.8, 4) is 0 Å². The number of nitrogens with two attached hydrogens (primary N) is 1. The summed E-state index contributed by atoms with van der Waals surface area (Å²) in [6.07, 6.45) is 3.51. The van der Waals surface area contributed by atoms with E-state index in [1.807, 2.05) is 0 Å². The van der Waals surface area contributed by atoms with Crippen LogP contribution in [0.2, 0.25) is 0 Å². The molecule has 18 heavy (non-hydrogen) atoms. The maximum atomic E-state index is 9.05. The molecule has 3 heteroatoms. The third kappa shape index (κ3) is 3.80. The Morgan fingerprint density at radius 1 is 1.28 bits per heavy atom. The second-order valence-corrected chi connectivity index (χ2v) is 5.30. The number of rotatable bonds is 7. The zero-order valence-corrected chi connectivity index (χ0v) is 11.2. The first-order valence-corrected chi connectivity index (χ1v) is 6.88. The molecule has 1 atom stereocenters. The number of aryl methyl sites for hydroxylation is 1. The molecule has 0 amide bonds. The molecular formula is C15H24N2O. The lowest BCUT2D eigenvalue weighted by molar-refractivity contribution is 0.185. The fraction of sp³-hybridized carbons (Fsp3) is 0.600. The second-order valence-electron chi connectivity index (χ2n) is 5.30. The minimum absolute atomic E-state index is 0.102. The summed E-state index contributed by atoms with van der Waals surface area (Å²) < 4.78 is 0. The summed E-state index contributed by atoms with van der Waals surface area (Å²) in [5.41, 5.74) is 8.70. The van der Waals surface area contributed by atoms with E-state index in [1.165, 1.54) is 24.0 Å². The Morgan fingerprint density at radius 2 is 1.94 bits per heavy atom. The standard InChI is InChI=1S/C15H24N2O/c1-12-2-4-13(5-3-12)15(16)8-9-17(10-11-18)14-6-7-14/h2-5,14-15,18H,6-11,16H2,1H3. The first-order valence-electron chi connectivity index (χ1n) is 6.88. The zero-order valence-electron chi connectivity index (χ0n) is 11.2. The molecule has 2 rings (SSSR count). The van der Waals surface area contributed by atoms with Gasteiger partial charge in [0.1, 0.15) is 0 Å². The van der Waals surface area contributed by atoms with Gasteiger partial charge in [-0.15, -0.1) is 0 Å². The Morgan fingerprint density at radius 3 is 2.50 bits per heavy atom. The van der Waals surface area contributed by atoms with Gasteiger partial charge in [-0.3, -0.25) is 4.90 Å². The molecule has 0 bridgehead atoms. The van der Waals surface area contributed by atoms with Crippen LogP contribution >= 0.6 is 0 Å². The van der Waals surface area contributed by atoms with E-state index in [0.29, 0.717) is 6.04 Å². The number of benzene rings is 1. The van der Waals surface area contributed by atoms with Gasteiger partial charge in [-0.25, -0.2) is 0 Å². The Balaban J connectivity index is 1.82. The fourth-order valence-corrected chi connectivity index (χ4v) is 2.33. The molecule has 1 saturated carbocycles. The van der Waals surface area contributed by atoms with E-state index in [2.05, 4.69) is 36.1 Å². The van der Waals surface area contributed by atoms with Gasteiger partial charge in [0.05, 0.1) is 6.61 Å². The monoisotopic (exact) mass is 248 g/mol. The second kappa shape index (κ2) is 6.32. The van der Waals surface area contributed by atoms with Crippen LogP contribution in [0.4, 0.5) is 0 Å². The maximum Gasteiger partial charge on any atom is 0.0558 e. The highest BCUT2D eigenvalue weighted by atomic mass is 16.3. The van der Waals surface area contributed by atoms with Crippen molar-refractivity contribution in [2.24, 2.45) is 5.73 Å². The highest BCUT2D eigenvalue weighted by molar-refractivity contribution is 5.23. The van der Waals surface area contributed by atoms with Gasteiger partial charge in [-0.2, -0.15) is 0 Å². The molecule has 1 aliphatic rings. The molecule has 0 radical (unpaired) electrons. The average Bonchev–Trinajstić information content (AvgIpc) is 3.19. The zero-order chi connectivity index (χ0) is 13.0. The predicted octanol–water partition coefficient (Wildman–Crippen LogP) is 1.84. The molecule has 1 aromatic carbocycles. The quantitative estimate of drug-likeness (QED) is 0.774. The van der Waals surface area contributed by atoms with Crippen LogP contribution in [-0.2, 0) is 0 Å². The molecule has 0 saturated heterocycles. The van der Waals surface area contributed by atoms with Crippen molar-refractivity contribution < 1.29 is 5.11 Å². The molecule has 1 unspecified atom stereocenters. The van der Waals surface area contributed by atoms with E-state index in [4.69, 9.17) is 10.8 Å². The Kier molecular flexibility index (Phi) is 4.75. The molecule has 1 aliphatic carbocycles. The number of aliphatic hydroxyl groups excluding tert-OH is 1. The highest BCUT2D eigenvalue weighted by Crippen LogP contribution is 2.27. The van der Waals surface area contributed by atoms with Crippen LogP contribution in [0.25, 0.3) is 0 Å². The minimum Gasteiger partial charge on any atom is -0.395 e. The van der Waals surface area contributed by atoms with Crippen LogP contribution in [0.3, 0.4) is 0 Å². The number of hydrogen-bond acceptors (Lipinski definition) is 3. The van der Waals surface area contributed by atoms with Crippen LogP contribution in [0.1, 0.15) is 36.4 Å². The Labute approximate surface area is 110 Å². The van der Waals surface area contributed by atoms with Crippen molar-refractivity contribution in [2.45, 2.75) is 38.3 Å². The third-order valence-electron chi connectivity index (χ3n) is 3.68. The number of aliphatic hydroxyl groups is 1. The fourth-order valence-electron chi connectivity index (χ4n) is 2.33. The summed E-state index contributed by atoms with van der Waals surface area (Å²) in [5, 5.41) is 9.05. The van der Waals surface area contributed by atoms with Crippen LogP contribution in [-0.4, -0.2) is 35.7 Å². The summed E-state index contributed by atoms with van der Waals surface area (Å²) in [5.74, 6) is 0. The van der Waals surface area contributed by atoms with Gasteiger partial charge in [0.25, 0.3) is 0 Å². The summed E-state index contributed by atoms with van der Waals surface area (Å²) >= 11 is 0. The van der Waals surface area contributed by atoms with E-state index >= 15 is 0 Å². The summed E-state index contributed by atoms with van der Waals surface area (Å²) in [7, 11) is 0. The van der Waals surface area contributed by atoms with E-state index in [9.17, 15) is 0 Å². The molecule has 1 fully saturated rings. The lowest BCUT2D eigenvalue weighted by Crippen LogP contribution is -2.32. The van der Waals surface area contributed by atoms with Crippen molar-refractivity contribution in [2.75, 3.05) is 19.7 Å². The molecule has 3 N–H and O–H groups in total. The van der Waals surface area contributed by atoms with Crippen LogP contribution in [0.5, 0.6) is 0 Å². The maximum absolute atomic E-state index is 9.05. The van der Waals surface area contributed by atoms with Gasteiger partial charge in [0, 0.05) is 25.2 Å². The van der Waals surface area contributed by atoms with E-state index < -0.39 is 0 Å². The van der Waals surface area contributed by atoms with Crippen molar-refractivity contribution in [1.82, 2.24) is 4.90 Å². The Hall–Kier alpha value is -0.900. The van der Waals surface area contributed by atoms with Gasteiger partial charge in [-0.05, 0) is 31.7 Å². The predicted molar refractivity (Wildman–Crippen MR) is 74.4 cm³/mol. The van der Waals surface area contributed by atoms with Crippen molar-refractivity contribution in [3.05, 3.63) is 35.4 Å². The lowest BCUT2D eigenvalue weighted by atomic mass is 10.0. The summed E-state index contributed by atoms with van der Waals surface area (Å²) in [4.78, 5) is 2.37. The third-order valence-corrected chi connectivity index (χ3v) is 3.68. The van der Waals surface area contributed by atoms with Gasteiger partial charge in [-0.1, -0.05) is 29.8 Å². The molecule has 0 heterocycles. The molecular weight excluding hydrogens is 224 g/mol. The van der Waals surface area contributed by atoms with Gasteiger partial charge >= 0.3 is 0 Å². The van der Waals surface area contributed by atoms with Crippen LogP contribution in [0.15, 0.2) is 24.3 Å². The summed E-state index contributed by atoms with van der Waals surface area (Å²) in [6, 6.07) is 9.26. The minimum atomic E-state index is 0.102. The molecule has 0 spiro atoms. The van der Waals surface area contributed by atoms with Crippen molar-refractivity contribution in [3.63, 3.8) is 0 Å². The highest BCUT2D eigenvalue weighted by Gasteiger charge is 2.28. The van der Waals surface area contributed by atoms with Crippen LogP contribution < -0.4 is 5.73 Å². The molecule has 0 aliphatic heterocycles. The smallest absolute Gasteiger partial charge is 0.0558 e.